The van der Waals surface area contributed by atoms with Crippen LogP contribution in [0.1, 0.15) is 22.8 Å². The monoisotopic (exact) mass is 322 g/mol. The molecule has 110 valence electrons. The number of hydrogen-bond donors (Lipinski definition) is 0. The molecule has 3 aromatic rings. The molecule has 0 N–H and O–H groups in total. The van der Waals surface area contributed by atoms with Gasteiger partial charge in [0.05, 0.1) is 28.7 Å². The summed E-state index contributed by atoms with van der Waals surface area (Å²) >= 11 is 12.3. The topological polar surface area (TPSA) is 35.6 Å². The van der Waals surface area contributed by atoms with Gasteiger partial charge in [0.15, 0.2) is 0 Å². The van der Waals surface area contributed by atoms with Crippen LogP contribution in [-0.4, -0.2) is 19.3 Å². The number of para-hydroxylation sites is 1. The highest BCUT2D eigenvalue weighted by atomic mass is 35.5. The van der Waals surface area contributed by atoms with E-state index in [1.807, 2.05) is 36.9 Å². The summed E-state index contributed by atoms with van der Waals surface area (Å²) in [4.78, 5) is 4.56. The lowest BCUT2D eigenvalue weighted by atomic mass is 10.2. The molecule has 4 nitrogen and oxygen atoms in total. The van der Waals surface area contributed by atoms with Crippen LogP contribution in [0, 0.1) is 13.8 Å². The molecule has 2 aromatic heterocycles. The summed E-state index contributed by atoms with van der Waals surface area (Å²) in [6, 6.07) is 5.80. The maximum absolute atomic E-state index is 6.23. The van der Waals surface area contributed by atoms with Gasteiger partial charge in [0.1, 0.15) is 11.3 Å². The Morgan fingerprint density at radius 3 is 2.62 bits per heavy atom. The molecule has 0 amide bonds. The summed E-state index contributed by atoms with van der Waals surface area (Å²) in [6.45, 7) is 4.79. The quantitative estimate of drug-likeness (QED) is 0.687. The molecule has 0 atom stereocenters. The summed E-state index contributed by atoms with van der Waals surface area (Å²) < 4.78 is 4.02. The summed E-state index contributed by atoms with van der Waals surface area (Å²) in [5.41, 5.74) is 5.18. The largest absolute Gasteiger partial charge is 0.322 e. The average Bonchev–Trinajstić information content (AvgIpc) is 2.93. The van der Waals surface area contributed by atoms with Crippen LogP contribution in [0.5, 0.6) is 0 Å². The van der Waals surface area contributed by atoms with E-state index in [1.165, 1.54) is 5.56 Å². The van der Waals surface area contributed by atoms with Crippen LogP contribution in [-0.2, 0) is 19.5 Å². The van der Waals surface area contributed by atoms with Crippen molar-refractivity contribution in [1.82, 2.24) is 19.3 Å². The van der Waals surface area contributed by atoms with Crippen molar-refractivity contribution in [2.24, 2.45) is 7.05 Å². The fourth-order valence-corrected chi connectivity index (χ4v) is 3.06. The van der Waals surface area contributed by atoms with Gasteiger partial charge in [-0.05, 0) is 26.0 Å². The van der Waals surface area contributed by atoms with Crippen molar-refractivity contribution in [2.45, 2.75) is 26.3 Å². The molecule has 6 heteroatoms. The molecule has 0 unspecified atom stereocenters. The first-order chi connectivity index (χ1) is 10.0. The number of fused-ring (bicyclic) bond motifs is 1. The third-order valence-electron chi connectivity index (χ3n) is 3.90. The predicted octanol–water partition coefficient (Wildman–Crippen LogP) is 3.83. The fourth-order valence-electron chi connectivity index (χ4n) is 2.64. The molecule has 0 bridgehead atoms. The number of imidazole rings is 1. The molecule has 3 rings (SSSR count). The van der Waals surface area contributed by atoms with Crippen LogP contribution in [0.2, 0.25) is 5.02 Å². The summed E-state index contributed by atoms with van der Waals surface area (Å²) in [5.74, 6) is 1.17. The van der Waals surface area contributed by atoms with Gasteiger partial charge >= 0.3 is 0 Å². The second-order valence-electron chi connectivity index (χ2n) is 5.13. The molecule has 0 aliphatic heterocycles. The van der Waals surface area contributed by atoms with Gasteiger partial charge < -0.3 is 4.57 Å². The molecule has 0 saturated heterocycles. The second kappa shape index (κ2) is 5.35. The van der Waals surface area contributed by atoms with Crippen LogP contribution in [0.3, 0.4) is 0 Å². The van der Waals surface area contributed by atoms with Gasteiger partial charge in [-0.1, -0.05) is 17.7 Å². The van der Waals surface area contributed by atoms with Crippen molar-refractivity contribution < 1.29 is 0 Å². The SMILES string of the molecule is Cc1nn(C)c(C)c1Cn1c(CCl)nc2c(Cl)cccc21. The zero-order valence-electron chi connectivity index (χ0n) is 12.2. The van der Waals surface area contributed by atoms with Crippen LogP contribution in [0.15, 0.2) is 18.2 Å². The second-order valence-corrected chi connectivity index (χ2v) is 5.80. The van der Waals surface area contributed by atoms with Gasteiger partial charge in [0.2, 0.25) is 0 Å². The maximum atomic E-state index is 6.23. The van der Waals surface area contributed by atoms with E-state index in [0.29, 0.717) is 17.4 Å². The number of alkyl halides is 1. The number of nitrogens with zero attached hydrogens (tertiary/aromatic N) is 4. The molecular weight excluding hydrogens is 307 g/mol. The number of hydrogen-bond acceptors (Lipinski definition) is 2. The van der Waals surface area contributed by atoms with Crippen LogP contribution < -0.4 is 0 Å². The lowest BCUT2D eigenvalue weighted by molar-refractivity contribution is 0.725. The molecule has 0 radical (unpaired) electrons. The standard InChI is InChI=1S/C15H16Cl2N4/c1-9-11(10(2)20(3)19-9)8-21-13-6-4-5-12(17)15(13)18-14(21)7-16/h4-6H,7-8H2,1-3H3. The molecular formula is C15H16Cl2N4. The lowest BCUT2D eigenvalue weighted by Crippen LogP contribution is -2.06. The van der Waals surface area contributed by atoms with E-state index in [-0.39, 0.29) is 0 Å². The zero-order valence-corrected chi connectivity index (χ0v) is 13.7. The van der Waals surface area contributed by atoms with Gasteiger partial charge in [0, 0.05) is 18.3 Å². The van der Waals surface area contributed by atoms with Gasteiger partial charge in [-0.2, -0.15) is 5.10 Å². The molecule has 0 aliphatic carbocycles. The third kappa shape index (κ3) is 2.32. The highest BCUT2D eigenvalue weighted by Gasteiger charge is 2.16. The van der Waals surface area contributed by atoms with Crippen molar-refractivity contribution in [3.05, 3.63) is 46.0 Å². The normalized spacial score (nSPS) is 11.5. The zero-order chi connectivity index (χ0) is 15.1. The number of aryl methyl sites for hydroxylation is 2. The van der Waals surface area contributed by atoms with E-state index in [4.69, 9.17) is 23.2 Å². The Balaban J connectivity index is 2.18. The summed E-state index contributed by atoms with van der Waals surface area (Å²) in [7, 11) is 1.96. The number of rotatable bonds is 3. The molecule has 1 aromatic carbocycles. The van der Waals surface area contributed by atoms with Crippen LogP contribution >= 0.6 is 23.2 Å². The average molecular weight is 323 g/mol. The Kier molecular flexibility index (Phi) is 3.68. The van der Waals surface area contributed by atoms with Gasteiger partial charge in [0.25, 0.3) is 0 Å². The van der Waals surface area contributed by atoms with Gasteiger partial charge in [-0.3, -0.25) is 4.68 Å². The Hall–Kier alpha value is -1.52. The number of benzene rings is 1. The molecule has 0 spiro atoms. The van der Waals surface area contributed by atoms with Crippen LogP contribution in [0.25, 0.3) is 11.0 Å². The van der Waals surface area contributed by atoms with E-state index in [9.17, 15) is 0 Å². The summed E-state index contributed by atoms with van der Waals surface area (Å²) in [6.07, 6.45) is 0. The minimum Gasteiger partial charge on any atom is -0.322 e. The summed E-state index contributed by atoms with van der Waals surface area (Å²) in [5, 5.41) is 5.12. The van der Waals surface area contributed by atoms with Crippen molar-refractivity contribution in [3.63, 3.8) is 0 Å². The Morgan fingerprint density at radius 1 is 1.24 bits per heavy atom. The first-order valence-corrected chi connectivity index (χ1v) is 7.62. The molecule has 0 aliphatic rings. The van der Waals surface area contributed by atoms with E-state index < -0.39 is 0 Å². The maximum Gasteiger partial charge on any atom is 0.125 e. The molecule has 21 heavy (non-hydrogen) atoms. The Labute approximate surface area is 133 Å². The molecule has 0 fully saturated rings. The van der Waals surface area contributed by atoms with Crippen molar-refractivity contribution in [3.8, 4) is 0 Å². The Bertz CT molecular complexity index is 817. The molecule has 2 heterocycles. The smallest absolute Gasteiger partial charge is 0.125 e. The third-order valence-corrected chi connectivity index (χ3v) is 4.45. The number of aromatic nitrogens is 4. The van der Waals surface area contributed by atoms with Gasteiger partial charge in [-0.25, -0.2) is 4.98 Å². The molecule has 0 saturated carbocycles. The highest BCUT2D eigenvalue weighted by molar-refractivity contribution is 6.35. The van der Waals surface area contributed by atoms with Gasteiger partial charge in [-0.15, -0.1) is 11.6 Å². The van der Waals surface area contributed by atoms with E-state index in [0.717, 1.165) is 28.2 Å². The van der Waals surface area contributed by atoms with E-state index in [2.05, 4.69) is 21.6 Å². The highest BCUT2D eigenvalue weighted by Crippen LogP contribution is 2.26. The minimum absolute atomic E-state index is 0.351. The predicted molar refractivity (Wildman–Crippen MR) is 86.1 cm³/mol. The van der Waals surface area contributed by atoms with Crippen LogP contribution in [0.4, 0.5) is 0 Å². The number of halogens is 2. The lowest BCUT2D eigenvalue weighted by Gasteiger charge is -2.08. The van der Waals surface area contributed by atoms with Crippen molar-refractivity contribution in [2.75, 3.05) is 0 Å². The first kappa shape index (κ1) is 14.4. The fraction of sp³-hybridized carbons (Fsp3) is 0.333. The first-order valence-electron chi connectivity index (χ1n) is 6.71. The minimum atomic E-state index is 0.351. The van der Waals surface area contributed by atoms with Crippen molar-refractivity contribution in [1.29, 1.82) is 0 Å². The Morgan fingerprint density at radius 2 is 2.00 bits per heavy atom. The van der Waals surface area contributed by atoms with Crippen molar-refractivity contribution >= 4 is 34.2 Å². The van der Waals surface area contributed by atoms with E-state index >= 15 is 0 Å². The van der Waals surface area contributed by atoms with E-state index in [1.54, 1.807) is 0 Å².